The van der Waals surface area contributed by atoms with Crippen molar-refractivity contribution in [1.82, 2.24) is 10.2 Å². The zero-order valence-electron chi connectivity index (χ0n) is 11.3. The molecule has 1 saturated carbocycles. The van der Waals surface area contributed by atoms with Crippen molar-refractivity contribution in [1.29, 1.82) is 0 Å². The van der Waals surface area contributed by atoms with E-state index in [0.717, 1.165) is 32.5 Å². The highest BCUT2D eigenvalue weighted by molar-refractivity contribution is 5.74. The van der Waals surface area contributed by atoms with E-state index in [1.807, 2.05) is 18.7 Å². The monoisotopic (exact) mass is 241 g/mol. The van der Waals surface area contributed by atoms with E-state index in [1.54, 1.807) is 0 Å². The molecule has 0 heterocycles. The first-order valence-corrected chi connectivity index (χ1v) is 6.90. The molecule has 0 bridgehead atoms. The van der Waals surface area contributed by atoms with Crippen molar-refractivity contribution in [3.63, 3.8) is 0 Å². The summed E-state index contributed by atoms with van der Waals surface area (Å²) in [6.07, 6.45) is 6.12. The molecule has 0 saturated heterocycles. The lowest BCUT2D eigenvalue weighted by atomic mass is 9.74. The molecule has 0 aromatic heterocycles. The fourth-order valence-electron chi connectivity index (χ4n) is 2.64. The Balaban J connectivity index is 2.44. The van der Waals surface area contributed by atoms with Gasteiger partial charge in [0.1, 0.15) is 0 Å². The summed E-state index contributed by atoms with van der Waals surface area (Å²) in [5, 5.41) is 3.05. The van der Waals surface area contributed by atoms with Crippen LogP contribution in [0.25, 0.3) is 0 Å². The Bertz CT molecular complexity index is 233. The maximum Gasteiger partial charge on any atom is 0.317 e. The van der Waals surface area contributed by atoms with Crippen LogP contribution in [0, 0.1) is 5.41 Å². The van der Waals surface area contributed by atoms with Crippen molar-refractivity contribution in [2.75, 3.05) is 26.2 Å². The number of carbonyl (C=O) groups excluding carboxylic acids is 1. The molecule has 0 aliphatic heterocycles. The maximum atomic E-state index is 11.9. The van der Waals surface area contributed by atoms with E-state index in [1.165, 1.54) is 19.3 Å². The summed E-state index contributed by atoms with van der Waals surface area (Å²) in [7, 11) is 0. The van der Waals surface area contributed by atoms with Gasteiger partial charge in [0, 0.05) is 25.0 Å². The summed E-state index contributed by atoms with van der Waals surface area (Å²) < 4.78 is 0. The molecule has 1 fully saturated rings. The highest BCUT2D eigenvalue weighted by atomic mass is 16.2. The standard InChI is InChI=1S/C13H27N3O/c1-3-16(4-2)12(17)15-11-13(10-14)8-6-5-7-9-13/h3-11,14H2,1-2H3,(H,15,17). The maximum absolute atomic E-state index is 11.9. The van der Waals surface area contributed by atoms with Crippen LogP contribution in [0.5, 0.6) is 0 Å². The van der Waals surface area contributed by atoms with E-state index in [2.05, 4.69) is 5.32 Å². The molecule has 1 rings (SSSR count). The molecule has 0 spiro atoms. The highest BCUT2D eigenvalue weighted by Crippen LogP contribution is 2.34. The zero-order chi connectivity index (χ0) is 12.7. The molecule has 4 nitrogen and oxygen atoms in total. The quantitative estimate of drug-likeness (QED) is 0.773. The van der Waals surface area contributed by atoms with Gasteiger partial charge in [-0.15, -0.1) is 0 Å². The van der Waals surface area contributed by atoms with Gasteiger partial charge in [-0.2, -0.15) is 0 Å². The molecule has 3 N–H and O–H groups in total. The largest absolute Gasteiger partial charge is 0.337 e. The molecule has 100 valence electrons. The van der Waals surface area contributed by atoms with Gasteiger partial charge in [-0.05, 0) is 33.2 Å². The Morgan fingerprint density at radius 2 is 1.82 bits per heavy atom. The van der Waals surface area contributed by atoms with Crippen molar-refractivity contribution in [3.05, 3.63) is 0 Å². The van der Waals surface area contributed by atoms with Gasteiger partial charge < -0.3 is 16.0 Å². The lowest BCUT2D eigenvalue weighted by Crippen LogP contribution is -2.48. The third-order valence-corrected chi connectivity index (χ3v) is 4.01. The van der Waals surface area contributed by atoms with Gasteiger partial charge in [-0.1, -0.05) is 19.3 Å². The summed E-state index contributed by atoms with van der Waals surface area (Å²) in [5.74, 6) is 0. The van der Waals surface area contributed by atoms with Crippen LogP contribution < -0.4 is 11.1 Å². The molecule has 0 atom stereocenters. The number of rotatable bonds is 5. The number of urea groups is 1. The van der Waals surface area contributed by atoms with E-state index in [-0.39, 0.29) is 11.4 Å². The number of nitrogens with zero attached hydrogens (tertiary/aromatic N) is 1. The average molecular weight is 241 g/mol. The minimum Gasteiger partial charge on any atom is -0.337 e. The number of amides is 2. The van der Waals surface area contributed by atoms with E-state index < -0.39 is 0 Å². The minimum absolute atomic E-state index is 0.0494. The lowest BCUT2D eigenvalue weighted by Gasteiger charge is -2.36. The number of hydrogen-bond acceptors (Lipinski definition) is 2. The zero-order valence-corrected chi connectivity index (χ0v) is 11.3. The van der Waals surface area contributed by atoms with Gasteiger partial charge in [0.25, 0.3) is 0 Å². The summed E-state index contributed by atoms with van der Waals surface area (Å²) in [6.45, 7) is 6.95. The molecule has 2 amide bonds. The molecule has 0 aromatic rings. The van der Waals surface area contributed by atoms with Crippen molar-refractivity contribution < 1.29 is 4.79 Å². The van der Waals surface area contributed by atoms with Gasteiger partial charge in [0.05, 0.1) is 0 Å². The molecule has 1 aliphatic rings. The van der Waals surface area contributed by atoms with Gasteiger partial charge >= 0.3 is 6.03 Å². The van der Waals surface area contributed by atoms with Crippen molar-refractivity contribution >= 4 is 6.03 Å². The Labute approximate surface area is 105 Å². The third-order valence-electron chi connectivity index (χ3n) is 4.01. The van der Waals surface area contributed by atoms with Gasteiger partial charge in [0.2, 0.25) is 0 Å². The molecular weight excluding hydrogens is 214 g/mol. The number of carbonyl (C=O) groups is 1. The first kappa shape index (κ1) is 14.3. The molecular formula is C13H27N3O. The fraction of sp³-hybridized carbons (Fsp3) is 0.923. The Kier molecular flexibility index (Phi) is 5.75. The Morgan fingerprint density at radius 1 is 1.24 bits per heavy atom. The van der Waals surface area contributed by atoms with Crippen molar-refractivity contribution in [2.45, 2.75) is 46.0 Å². The minimum atomic E-state index is 0.0494. The third kappa shape index (κ3) is 3.87. The summed E-state index contributed by atoms with van der Waals surface area (Å²) in [6, 6.07) is 0.0494. The van der Waals surface area contributed by atoms with Crippen LogP contribution in [0.3, 0.4) is 0 Å². The van der Waals surface area contributed by atoms with Crippen LogP contribution in [0.1, 0.15) is 46.0 Å². The number of nitrogens with two attached hydrogens (primary N) is 1. The van der Waals surface area contributed by atoms with E-state index in [0.29, 0.717) is 6.54 Å². The van der Waals surface area contributed by atoms with Crippen molar-refractivity contribution in [2.24, 2.45) is 11.1 Å². The predicted octanol–water partition coefficient (Wildman–Crippen LogP) is 1.95. The van der Waals surface area contributed by atoms with Crippen molar-refractivity contribution in [3.8, 4) is 0 Å². The second kappa shape index (κ2) is 6.84. The summed E-state index contributed by atoms with van der Waals surface area (Å²) in [4.78, 5) is 13.7. The van der Waals surface area contributed by atoms with Crippen LogP contribution >= 0.6 is 0 Å². The average Bonchev–Trinajstić information content (AvgIpc) is 2.39. The molecule has 4 heteroatoms. The lowest BCUT2D eigenvalue weighted by molar-refractivity contribution is 0.171. The van der Waals surface area contributed by atoms with Gasteiger partial charge in [0.15, 0.2) is 0 Å². The van der Waals surface area contributed by atoms with Crippen LogP contribution in [0.4, 0.5) is 4.79 Å². The molecule has 0 unspecified atom stereocenters. The predicted molar refractivity (Wildman–Crippen MR) is 70.9 cm³/mol. The number of nitrogens with one attached hydrogen (secondary N) is 1. The van der Waals surface area contributed by atoms with E-state index in [4.69, 9.17) is 5.73 Å². The van der Waals surface area contributed by atoms with Gasteiger partial charge in [-0.3, -0.25) is 0 Å². The van der Waals surface area contributed by atoms with E-state index in [9.17, 15) is 4.79 Å². The molecule has 1 aliphatic carbocycles. The fourth-order valence-corrected chi connectivity index (χ4v) is 2.64. The highest BCUT2D eigenvalue weighted by Gasteiger charge is 2.31. The van der Waals surface area contributed by atoms with E-state index >= 15 is 0 Å². The molecule has 0 radical (unpaired) electrons. The van der Waals surface area contributed by atoms with Crippen LogP contribution in [0.15, 0.2) is 0 Å². The van der Waals surface area contributed by atoms with Crippen LogP contribution in [-0.4, -0.2) is 37.1 Å². The SMILES string of the molecule is CCN(CC)C(=O)NCC1(CN)CCCCC1. The normalized spacial score (nSPS) is 18.8. The smallest absolute Gasteiger partial charge is 0.317 e. The second-order valence-corrected chi connectivity index (χ2v) is 5.10. The molecule has 0 aromatic carbocycles. The van der Waals surface area contributed by atoms with Crippen LogP contribution in [-0.2, 0) is 0 Å². The topological polar surface area (TPSA) is 58.4 Å². The first-order valence-electron chi connectivity index (χ1n) is 6.90. The Morgan fingerprint density at radius 3 is 2.29 bits per heavy atom. The van der Waals surface area contributed by atoms with Gasteiger partial charge in [-0.25, -0.2) is 4.79 Å². The molecule has 17 heavy (non-hydrogen) atoms. The number of hydrogen-bond donors (Lipinski definition) is 2. The van der Waals surface area contributed by atoms with Crippen LogP contribution in [0.2, 0.25) is 0 Å². The second-order valence-electron chi connectivity index (χ2n) is 5.10. The summed E-state index contributed by atoms with van der Waals surface area (Å²) in [5.41, 5.74) is 6.05. The first-order chi connectivity index (χ1) is 8.17. The summed E-state index contributed by atoms with van der Waals surface area (Å²) >= 11 is 0. The Hall–Kier alpha value is -0.770.